The van der Waals surface area contributed by atoms with Crippen molar-refractivity contribution in [2.24, 2.45) is 0 Å². The number of anilines is 1. The van der Waals surface area contributed by atoms with Gasteiger partial charge in [-0.05, 0) is 61.4 Å². The van der Waals surface area contributed by atoms with Crippen molar-refractivity contribution in [3.8, 4) is 11.5 Å². The molecule has 1 fully saturated rings. The van der Waals surface area contributed by atoms with Gasteiger partial charge in [0.2, 0.25) is 0 Å². The SMILES string of the molecule is COc1ccc2nc(N3C(=O)C(=O)/C(=C(/O)c4ccc5c(c4)CC(C)O5)C3c3cccc(C)c3)sc2c1. The van der Waals surface area contributed by atoms with Gasteiger partial charge in [-0.1, -0.05) is 41.2 Å². The molecule has 7 nitrogen and oxygen atoms in total. The van der Waals surface area contributed by atoms with Crippen LogP contribution in [0.3, 0.4) is 0 Å². The molecular formula is C29H24N2O5S. The first-order valence-corrected chi connectivity index (χ1v) is 12.8. The standard InChI is InChI=1S/C29H24N2O5S/c1-15-5-4-6-17(11-15)25-24(26(32)18-7-10-22-19(13-18)12-16(2)36-22)27(33)28(34)31(25)29-30-21-9-8-20(35-3)14-23(21)37-29/h4-11,13-14,16,25,32H,12H2,1-3H3/b26-24+. The first-order chi connectivity index (χ1) is 17.8. The molecular weight excluding hydrogens is 488 g/mol. The van der Waals surface area contributed by atoms with Gasteiger partial charge < -0.3 is 14.6 Å². The Kier molecular flexibility index (Phi) is 5.49. The molecule has 37 heavy (non-hydrogen) atoms. The first-order valence-electron chi connectivity index (χ1n) is 12.0. The molecule has 4 aromatic rings. The van der Waals surface area contributed by atoms with Gasteiger partial charge in [0.1, 0.15) is 23.4 Å². The number of methoxy groups -OCH3 is 1. The number of nitrogens with zero attached hydrogens (tertiary/aromatic N) is 2. The number of fused-ring (bicyclic) bond motifs is 2. The molecule has 3 heterocycles. The first kappa shape index (κ1) is 23.2. The number of aliphatic hydroxyl groups is 1. The number of amides is 1. The van der Waals surface area contributed by atoms with Crippen LogP contribution in [0.1, 0.15) is 35.2 Å². The Bertz CT molecular complexity index is 1620. The quantitative estimate of drug-likeness (QED) is 0.219. The zero-order valence-electron chi connectivity index (χ0n) is 20.5. The molecule has 2 aliphatic heterocycles. The monoisotopic (exact) mass is 512 g/mol. The van der Waals surface area contributed by atoms with Crippen LogP contribution in [0.4, 0.5) is 5.13 Å². The fraction of sp³-hybridized carbons (Fsp3) is 0.207. The van der Waals surface area contributed by atoms with Crippen LogP contribution < -0.4 is 14.4 Å². The lowest BCUT2D eigenvalue weighted by molar-refractivity contribution is -0.132. The Morgan fingerprint density at radius 1 is 1.14 bits per heavy atom. The number of ketones is 1. The Morgan fingerprint density at radius 3 is 2.76 bits per heavy atom. The van der Waals surface area contributed by atoms with Crippen LogP contribution in [0.15, 0.2) is 66.2 Å². The second-order valence-corrected chi connectivity index (χ2v) is 10.4. The second-order valence-electron chi connectivity index (χ2n) is 9.37. The van der Waals surface area contributed by atoms with Crippen molar-refractivity contribution in [2.75, 3.05) is 12.0 Å². The van der Waals surface area contributed by atoms with Crippen molar-refractivity contribution in [1.82, 2.24) is 4.98 Å². The maximum atomic E-state index is 13.5. The number of carbonyl (C=O) groups excluding carboxylic acids is 2. The van der Waals surface area contributed by atoms with Crippen molar-refractivity contribution >= 4 is 44.1 Å². The van der Waals surface area contributed by atoms with Gasteiger partial charge in [0.05, 0.1) is 28.9 Å². The van der Waals surface area contributed by atoms with E-state index in [0.717, 1.165) is 27.1 Å². The third kappa shape index (κ3) is 3.84. The molecule has 186 valence electrons. The molecule has 2 atom stereocenters. The van der Waals surface area contributed by atoms with Crippen molar-refractivity contribution in [1.29, 1.82) is 0 Å². The predicted octanol–water partition coefficient (Wildman–Crippen LogP) is 5.56. The summed E-state index contributed by atoms with van der Waals surface area (Å²) in [7, 11) is 1.59. The molecule has 3 aromatic carbocycles. The molecule has 0 aliphatic carbocycles. The summed E-state index contributed by atoms with van der Waals surface area (Å²) in [5.74, 6) is -0.236. The van der Waals surface area contributed by atoms with E-state index in [-0.39, 0.29) is 17.4 Å². The number of ether oxygens (including phenoxy) is 2. The molecule has 8 heteroatoms. The zero-order valence-corrected chi connectivity index (χ0v) is 21.3. The molecule has 6 rings (SSSR count). The van der Waals surface area contributed by atoms with E-state index in [0.29, 0.717) is 28.4 Å². The third-order valence-electron chi connectivity index (χ3n) is 6.76. The average Bonchev–Trinajstić information content (AvgIpc) is 3.55. The Labute approximate surface area is 217 Å². The molecule has 1 saturated heterocycles. The topological polar surface area (TPSA) is 89.0 Å². The highest BCUT2D eigenvalue weighted by atomic mass is 32.1. The zero-order chi connectivity index (χ0) is 25.8. The number of hydrogen-bond acceptors (Lipinski definition) is 7. The van der Waals surface area contributed by atoms with Crippen LogP contribution in [-0.2, 0) is 16.0 Å². The van der Waals surface area contributed by atoms with Gasteiger partial charge in [-0.2, -0.15) is 0 Å². The number of hydrogen-bond donors (Lipinski definition) is 1. The molecule has 0 saturated carbocycles. The number of aryl methyl sites for hydroxylation is 1. The number of carbonyl (C=O) groups is 2. The Hall–Kier alpha value is -4.17. The highest BCUT2D eigenvalue weighted by Gasteiger charge is 2.48. The highest BCUT2D eigenvalue weighted by Crippen LogP contribution is 2.45. The van der Waals surface area contributed by atoms with Gasteiger partial charge in [-0.15, -0.1) is 0 Å². The molecule has 1 amide bonds. The maximum Gasteiger partial charge on any atom is 0.301 e. The van der Waals surface area contributed by atoms with Gasteiger partial charge in [-0.3, -0.25) is 14.5 Å². The number of rotatable bonds is 4. The largest absolute Gasteiger partial charge is 0.507 e. The number of aliphatic hydroxyl groups excluding tert-OH is 1. The van der Waals surface area contributed by atoms with Crippen molar-refractivity contribution in [3.05, 3.63) is 88.5 Å². The molecule has 1 aromatic heterocycles. The molecule has 1 N–H and O–H groups in total. The summed E-state index contributed by atoms with van der Waals surface area (Å²) < 4.78 is 11.9. The van der Waals surface area contributed by atoms with E-state index in [9.17, 15) is 14.7 Å². The molecule has 0 radical (unpaired) electrons. The number of benzene rings is 3. The fourth-order valence-electron chi connectivity index (χ4n) is 5.03. The second kappa shape index (κ2) is 8.74. The molecule has 2 unspecified atom stereocenters. The normalized spacial score (nSPS) is 20.4. The van der Waals surface area contributed by atoms with Crippen LogP contribution in [0.2, 0.25) is 0 Å². The summed E-state index contributed by atoms with van der Waals surface area (Å²) in [6.45, 7) is 3.93. The van der Waals surface area contributed by atoms with E-state index >= 15 is 0 Å². The lowest BCUT2D eigenvalue weighted by Gasteiger charge is -2.23. The Balaban J connectivity index is 1.53. The fourth-order valence-corrected chi connectivity index (χ4v) is 6.05. The predicted molar refractivity (Wildman–Crippen MR) is 142 cm³/mol. The van der Waals surface area contributed by atoms with Crippen LogP contribution in [0, 0.1) is 6.92 Å². The van der Waals surface area contributed by atoms with Crippen molar-refractivity contribution in [3.63, 3.8) is 0 Å². The van der Waals surface area contributed by atoms with Crippen LogP contribution >= 0.6 is 11.3 Å². The minimum atomic E-state index is -0.828. The van der Waals surface area contributed by atoms with Gasteiger partial charge >= 0.3 is 5.91 Å². The van der Waals surface area contributed by atoms with Gasteiger partial charge in [0.15, 0.2) is 5.13 Å². The summed E-state index contributed by atoms with van der Waals surface area (Å²) in [5, 5.41) is 11.9. The summed E-state index contributed by atoms with van der Waals surface area (Å²) in [6.07, 6.45) is 0.754. The van der Waals surface area contributed by atoms with Gasteiger partial charge in [0, 0.05) is 12.0 Å². The molecule has 2 aliphatic rings. The van der Waals surface area contributed by atoms with Gasteiger partial charge in [-0.25, -0.2) is 4.98 Å². The Morgan fingerprint density at radius 2 is 1.97 bits per heavy atom. The highest BCUT2D eigenvalue weighted by molar-refractivity contribution is 7.22. The smallest absolute Gasteiger partial charge is 0.301 e. The maximum absolute atomic E-state index is 13.5. The third-order valence-corrected chi connectivity index (χ3v) is 7.78. The minimum Gasteiger partial charge on any atom is -0.507 e. The molecule has 0 bridgehead atoms. The lowest BCUT2D eigenvalue weighted by Crippen LogP contribution is -2.29. The van der Waals surface area contributed by atoms with E-state index in [1.54, 1.807) is 25.3 Å². The van der Waals surface area contributed by atoms with Crippen LogP contribution in [0.5, 0.6) is 11.5 Å². The van der Waals surface area contributed by atoms with E-state index in [1.807, 2.05) is 56.3 Å². The number of aromatic nitrogens is 1. The van der Waals surface area contributed by atoms with E-state index in [4.69, 9.17) is 9.47 Å². The number of Topliss-reactive ketones (excluding diaryl/α,β-unsaturated/α-hetero) is 1. The lowest BCUT2D eigenvalue weighted by atomic mass is 9.94. The summed E-state index contributed by atoms with van der Waals surface area (Å²) in [4.78, 5) is 33.1. The van der Waals surface area contributed by atoms with Crippen LogP contribution in [0.25, 0.3) is 16.0 Å². The van der Waals surface area contributed by atoms with Crippen molar-refractivity contribution < 1.29 is 24.2 Å². The van der Waals surface area contributed by atoms with E-state index in [2.05, 4.69) is 4.98 Å². The van der Waals surface area contributed by atoms with Crippen molar-refractivity contribution in [2.45, 2.75) is 32.4 Å². The van der Waals surface area contributed by atoms with E-state index < -0.39 is 17.7 Å². The number of thiazole rings is 1. The van der Waals surface area contributed by atoms with Gasteiger partial charge in [0.25, 0.3) is 5.78 Å². The van der Waals surface area contributed by atoms with E-state index in [1.165, 1.54) is 16.2 Å². The minimum absolute atomic E-state index is 0.0411. The van der Waals surface area contributed by atoms with Crippen LogP contribution in [-0.4, -0.2) is 35.0 Å². The average molecular weight is 513 g/mol. The summed E-state index contributed by atoms with van der Waals surface area (Å²) in [5.41, 5.74) is 3.86. The summed E-state index contributed by atoms with van der Waals surface area (Å²) in [6, 6.07) is 17.6. The molecule has 0 spiro atoms. The summed E-state index contributed by atoms with van der Waals surface area (Å²) >= 11 is 1.30.